The van der Waals surface area contributed by atoms with Gasteiger partial charge >= 0.3 is 0 Å². The zero-order chi connectivity index (χ0) is 12.2. The molecule has 0 bridgehead atoms. The van der Waals surface area contributed by atoms with Gasteiger partial charge in [-0.3, -0.25) is 0 Å². The predicted molar refractivity (Wildman–Crippen MR) is 69.0 cm³/mol. The lowest BCUT2D eigenvalue weighted by atomic mass is 10.0. The Balaban J connectivity index is 1.90. The summed E-state index contributed by atoms with van der Waals surface area (Å²) in [6.45, 7) is 0. The highest BCUT2D eigenvalue weighted by Gasteiger charge is 2.03. The van der Waals surface area contributed by atoms with Crippen LogP contribution in [-0.4, -0.2) is 10.1 Å². The Labute approximate surface area is 105 Å². The molecule has 0 aliphatic heterocycles. The molecule has 18 heavy (non-hydrogen) atoms. The molecular formula is C15H12N2O. The second kappa shape index (κ2) is 4.84. The first kappa shape index (κ1) is 10.7. The number of benzene rings is 2. The molecule has 0 amide bonds. The third-order valence-electron chi connectivity index (χ3n) is 2.80. The summed E-state index contributed by atoms with van der Waals surface area (Å²) < 4.78 is 5.02. The average molecular weight is 236 g/mol. The van der Waals surface area contributed by atoms with Crippen molar-refractivity contribution in [3.8, 4) is 11.1 Å². The van der Waals surface area contributed by atoms with E-state index in [-0.39, 0.29) is 0 Å². The van der Waals surface area contributed by atoms with Crippen molar-refractivity contribution in [2.24, 2.45) is 0 Å². The smallest absolute Gasteiger partial charge is 0.230 e. The SMILES string of the molecule is c1ccc(-c2cccc(Cc3ncno3)c2)cc1. The largest absolute Gasteiger partial charge is 0.339 e. The van der Waals surface area contributed by atoms with Gasteiger partial charge in [0.2, 0.25) is 5.89 Å². The molecule has 0 aliphatic rings. The molecule has 0 unspecified atom stereocenters. The molecular weight excluding hydrogens is 224 g/mol. The van der Waals surface area contributed by atoms with Gasteiger partial charge in [-0.2, -0.15) is 4.98 Å². The van der Waals surface area contributed by atoms with Crippen molar-refractivity contribution >= 4 is 0 Å². The Kier molecular flexibility index (Phi) is 2.88. The number of nitrogens with zero attached hydrogens (tertiary/aromatic N) is 2. The Bertz CT molecular complexity index is 618. The highest BCUT2D eigenvalue weighted by Crippen LogP contribution is 2.20. The van der Waals surface area contributed by atoms with Crippen molar-refractivity contribution in [1.82, 2.24) is 10.1 Å². The summed E-state index contributed by atoms with van der Waals surface area (Å²) in [6, 6.07) is 18.7. The van der Waals surface area contributed by atoms with Crippen molar-refractivity contribution in [3.63, 3.8) is 0 Å². The van der Waals surface area contributed by atoms with Gasteiger partial charge in [-0.05, 0) is 16.7 Å². The summed E-state index contributed by atoms with van der Waals surface area (Å²) in [4.78, 5) is 4.04. The first-order chi connectivity index (χ1) is 8.92. The van der Waals surface area contributed by atoms with Crippen LogP contribution in [0.1, 0.15) is 11.5 Å². The van der Waals surface area contributed by atoms with E-state index in [2.05, 4.69) is 40.5 Å². The lowest BCUT2D eigenvalue weighted by Gasteiger charge is -2.03. The molecule has 2 aromatic carbocycles. The van der Waals surface area contributed by atoms with Crippen LogP contribution in [0.15, 0.2) is 65.4 Å². The summed E-state index contributed by atoms with van der Waals surface area (Å²) in [5, 5.41) is 3.61. The van der Waals surface area contributed by atoms with Crippen molar-refractivity contribution in [2.45, 2.75) is 6.42 Å². The van der Waals surface area contributed by atoms with E-state index in [1.165, 1.54) is 23.0 Å². The first-order valence-electron chi connectivity index (χ1n) is 5.82. The van der Waals surface area contributed by atoms with E-state index >= 15 is 0 Å². The van der Waals surface area contributed by atoms with E-state index in [1.807, 2.05) is 24.3 Å². The fraction of sp³-hybridized carbons (Fsp3) is 0.0667. The topological polar surface area (TPSA) is 38.9 Å². The first-order valence-corrected chi connectivity index (χ1v) is 5.82. The maximum Gasteiger partial charge on any atom is 0.230 e. The Morgan fingerprint density at radius 2 is 1.72 bits per heavy atom. The van der Waals surface area contributed by atoms with Crippen molar-refractivity contribution in [1.29, 1.82) is 0 Å². The monoisotopic (exact) mass is 236 g/mol. The van der Waals surface area contributed by atoms with Gasteiger partial charge in [0.1, 0.15) is 0 Å². The highest BCUT2D eigenvalue weighted by atomic mass is 16.5. The molecule has 1 heterocycles. The number of aromatic nitrogens is 2. The van der Waals surface area contributed by atoms with E-state index in [0.29, 0.717) is 12.3 Å². The number of rotatable bonds is 3. The van der Waals surface area contributed by atoms with Crippen LogP contribution in [-0.2, 0) is 6.42 Å². The van der Waals surface area contributed by atoms with Crippen LogP contribution >= 0.6 is 0 Å². The molecule has 0 atom stereocenters. The van der Waals surface area contributed by atoms with Crippen molar-refractivity contribution in [3.05, 3.63) is 72.4 Å². The van der Waals surface area contributed by atoms with Gasteiger partial charge in [0.05, 0.1) is 6.42 Å². The van der Waals surface area contributed by atoms with Gasteiger partial charge in [0.25, 0.3) is 0 Å². The van der Waals surface area contributed by atoms with Gasteiger partial charge in [-0.25, -0.2) is 0 Å². The third-order valence-corrected chi connectivity index (χ3v) is 2.80. The molecule has 0 saturated carbocycles. The van der Waals surface area contributed by atoms with E-state index in [9.17, 15) is 0 Å². The summed E-state index contributed by atoms with van der Waals surface area (Å²) in [5.74, 6) is 0.639. The van der Waals surface area contributed by atoms with Crippen molar-refractivity contribution in [2.75, 3.05) is 0 Å². The molecule has 3 aromatic rings. The third kappa shape index (κ3) is 2.30. The Morgan fingerprint density at radius 3 is 2.50 bits per heavy atom. The number of hydrogen-bond donors (Lipinski definition) is 0. The predicted octanol–water partition coefficient (Wildman–Crippen LogP) is 3.33. The van der Waals surface area contributed by atoms with Crippen LogP contribution in [0, 0.1) is 0 Å². The minimum atomic E-state index is 0.639. The van der Waals surface area contributed by atoms with Gasteiger partial charge in [-0.1, -0.05) is 59.8 Å². The molecule has 3 nitrogen and oxygen atoms in total. The maximum absolute atomic E-state index is 5.02. The molecule has 0 spiro atoms. The zero-order valence-electron chi connectivity index (χ0n) is 9.78. The van der Waals surface area contributed by atoms with E-state index in [1.54, 1.807) is 0 Å². The van der Waals surface area contributed by atoms with Gasteiger partial charge in [0, 0.05) is 0 Å². The normalized spacial score (nSPS) is 10.4. The van der Waals surface area contributed by atoms with Crippen LogP contribution in [0.25, 0.3) is 11.1 Å². The van der Waals surface area contributed by atoms with E-state index in [4.69, 9.17) is 4.52 Å². The Morgan fingerprint density at radius 1 is 0.889 bits per heavy atom. The summed E-state index contributed by atoms with van der Waals surface area (Å²) in [5.41, 5.74) is 3.58. The van der Waals surface area contributed by atoms with Crippen molar-refractivity contribution < 1.29 is 4.52 Å². The van der Waals surface area contributed by atoms with Gasteiger partial charge < -0.3 is 4.52 Å². The molecule has 3 heteroatoms. The summed E-state index contributed by atoms with van der Waals surface area (Å²) in [6.07, 6.45) is 2.09. The minimum Gasteiger partial charge on any atom is -0.339 e. The zero-order valence-corrected chi connectivity index (χ0v) is 9.78. The van der Waals surface area contributed by atoms with Crippen LogP contribution in [0.2, 0.25) is 0 Å². The quantitative estimate of drug-likeness (QED) is 0.700. The molecule has 3 rings (SSSR count). The molecule has 0 fully saturated rings. The maximum atomic E-state index is 5.02. The molecule has 88 valence electrons. The van der Waals surface area contributed by atoms with Crippen LogP contribution in [0.4, 0.5) is 0 Å². The molecule has 1 aromatic heterocycles. The second-order valence-corrected chi connectivity index (χ2v) is 4.08. The molecule has 0 saturated heterocycles. The number of hydrogen-bond acceptors (Lipinski definition) is 3. The summed E-state index contributed by atoms with van der Waals surface area (Å²) >= 11 is 0. The average Bonchev–Trinajstić information content (AvgIpc) is 2.93. The van der Waals surface area contributed by atoms with Crippen LogP contribution in [0.5, 0.6) is 0 Å². The summed E-state index contributed by atoms with van der Waals surface area (Å²) in [7, 11) is 0. The van der Waals surface area contributed by atoms with Gasteiger partial charge in [-0.15, -0.1) is 0 Å². The fourth-order valence-corrected chi connectivity index (χ4v) is 1.94. The second-order valence-electron chi connectivity index (χ2n) is 4.08. The molecule has 0 aliphatic carbocycles. The molecule has 0 radical (unpaired) electrons. The van der Waals surface area contributed by atoms with E-state index < -0.39 is 0 Å². The van der Waals surface area contributed by atoms with E-state index in [0.717, 1.165) is 0 Å². The van der Waals surface area contributed by atoms with Crippen LogP contribution in [0.3, 0.4) is 0 Å². The minimum absolute atomic E-state index is 0.639. The standard InChI is InChI=1S/C15H12N2O/c1-2-6-13(7-3-1)14-8-4-5-12(9-14)10-15-16-11-17-18-15/h1-9,11H,10H2. The fourth-order valence-electron chi connectivity index (χ4n) is 1.94. The lowest BCUT2D eigenvalue weighted by Crippen LogP contribution is -1.88. The molecule has 0 N–H and O–H groups in total. The van der Waals surface area contributed by atoms with Gasteiger partial charge in [0.15, 0.2) is 6.33 Å². The Hall–Kier alpha value is -2.42. The lowest BCUT2D eigenvalue weighted by molar-refractivity contribution is 0.384. The highest BCUT2D eigenvalue weighted by molar-refractivity contribution is 5.64. The van der Waals surface area contributed by atoms with Crippen LogP contribution < -0.4 is 0 Å².